The molecule has 0 aromatic heterocycles. The quantitative estimate of drug-likeness (QED) is 0.588. The van der Waals surface area contributed by atoms with Gasteiger partial charge in [0, 0.05) is 12.6 Å². The second-order valence-corrected chi connectivity index (χ2v) is 7.69. The van der Waals surface area contributed by atoms with Gasteiger partial charge in [-0.2, -0.15) is 0 Å². The Hall–Kier alpha value is -2.91. The third-order valence-electron chi connectivity index (χ3n) is 3.75. The predicted molar refractivity (Wildman–Crippen MR) is 104 cm³/mol. The summed E-state index contributed by atoms with van der Waals surface area (Å²) in [6.45, 7) is 3.67. The average molecular weight is 406 g/mol. The van der Waals surface area contributed by atoms with Gasteiger partial charge in [0.15, 0.2) is 0 Å². The lowest BCUT2D eigenvalue weighted by atomic mass is 10.0. The molecule has 3 N–H and O–H groups in total. The third kappa shape index (κ3) is 6.07. The molecule has 0 aliphatic heterocycles. The van der Waals surface area contributed by atoms with Gasteiger partial charge in [-0.25, -0.2) is 13.1 Å². The number of carbonyl (C=O) groups excluding carboxylic acids is 1. The summed E-state index contributed by atoms with van der Waals surface area (Å²) in [4.78, 5) is 22.2. The molecule has 2 aromatic rings. The lowest BCUT2D eigenvalue weighted by Crippen LogP contribution is -2.30. The lowest BCUT2D eigenvalue weighted by Gasteiger charge is -2.18. The van der Waals surface area contributed by atoms with Gasteiger partial charge in [0.1, 0.15) is 5.75 Å². The fourth-order valence-corrected chi connectivity index (χ4v) is 3.77. The number of anilines is 1. The maximum absolute atomic E-state index is 12.7. The minimum atomic E-state index is -3.98. The van der Waals surface area contributed by atoms with E-state index < -0.39 is 28.5 Å². The van der Waals surface area contributed by atoms with Crippen LogP contribution in [0.1, 0.15) is 31.9 Å². The van der Waals surface area contributed by atoms with Gasteiger partial charge < -0.3 is 15.2 Å². The van der Waals surface area contributed by atoms with Gasteiger partial charge in [0.2, 0.25) is 15.9 Å². The van der Waals surface area contributed by atoms with E-state index in [0.717, 1.165) is 0 Å². The molecule has 8 nitrogen and oxygen atoms in total. The number of nitrogens with one attached hydrogen (secondary N) is 2. The number of benzene rings is 2. The topological polar surface area (TPSA) is 122 Å². The number of amides is 1. The van der Waals surface area contributed by atoms with Crippen molar-refractivity contribution in [3.63, 3.8) is 0 Å². The number of hydrogen-bond donors (Lipinski definition) is 3. The molecule has 9 heteroatoms. The first-order chi connectivity index (χ1) is 13.2. The normalized spacial score (nSPS) is 12.2. The number of sulfonamides is 1. The van der Waals surface area contributed by atoms with Crippen LogP contribution in [0.3, 0.4) is 0 Å². The highest BCUT2D eigenvalue weighted by Crippen LogP contribution is 2.23. The van der Waals surface area contributed by atoms with Crippen molar-refractivity contribution in [3.05, 3.63) is 54.1 Å². The number of carboxylic acids is 1. The first kappa shape index (κ1) is 21.4. The highest BCUT2D eigenvalue weighted by atomic mass is 32.2. The number of carbonyl (C=O) groups is 2. The summed E-state index contributed by atoms with van der Waals surface area (Å²) in [7, 11) is -3.98. The van der Waals surface area contributed by atoms with Gasteiger partial charge in [0.25, 0.3) is 0 Å². The largest absolute Gasteiger partial charge is 0.494 e. The molecule has 0 heterocycles. The summed E-state index contributed by atoms with van der Waals surface area (Å²) in [5.41, 5.74) is 0.962. The maximum Gasteiger partial charge on any atom is 0.305 e. The molecule has 1 atom stereocenters. The van der Waals surface area contributed by atoms with Crippen molar-refractivity contribution < 1.29 is 27.9 Å². The Kier molecular flexibility index (Phi) is 7.13. The van der Waals surface area contributed by atoms with E-state index >= 15 is 0 Å². The molecule has 2 aromatic carbocycles. The number of hydrogen-bond acceptors (Lipinski definition) is 5. The SMILES string of the molecule is CCOc1ccc([C@@H](CC(=O)O)NS(=O)(=O)c2ccc(NC(C)=O)cc2)cc1. The average Bonchev–Trinajstić information content (AvgIpc) is 2.61. The van der Waals surface area contributed by atoms with Crippen LogP contribution in [0.2, 0.25) is 0 Å². The minimum absolute atomic E-state index is 0.0390. The van der Waals surface area contributed by atoms with E-state index in [1.807, 2.05) is 6.92 Å². The van der Waals surface area contributed by atoms with E-state index in [4.69, 9.17) is 4.74 Å². The highest BCUT2D eigenvalue weighted by Gasteiger charge is 2.23. The fourth-order valence-electron chi connectivity index (χ4n) is 2.54. The maximum atomic E-state index is 12.7. The molecule has 150 valence electrons. The molecule has 0 fully saturated rings. The first-order valence-electron chi connectivity index (χ1n) is 8.56. The summed E-state index contributed by atoms with van der Waals surface area (Å²) >= 11 is 0. The molecule has 2 rings (SSSR count). The summed E-state index contributed by atoms with van der Waals surface area (Å²) in [6.07, 6.45) is -0.419. The predicted octanol–water partition coefficient (Wildman–Crippen LogP) is 2.54. The minimum Gasteiger partial charge on any atom is -0.494 e. The third-order valence-corrected chi connectivity index (χ3v) is 5.24. The van der Waals surface area contributed by atoms with Gasteiger partial charge in [-0.15, -0.1) is 0 Å². The first-order valence-corrected chi connectivity index (χ1v) is 10.0. The van der Waals surface area contributed by atoms with E-state index in [0.29, 0.717) is 23.6 Å². The molecule has 0 saturated carbocycles. The monoisotopic (exact) mass is 406 g/mol. The van der Waals surface area contributed by atoms with Crippen molar-refractivity contribution in [3.8, 4) is 5.75 Å². The van der Waals surface area contributed by atoms with Crippen molar-refractivity contribution in [2.45, 2.75) is 31.2 Å². The van der Waals surface area contributed by atoms with Gasteiger partial charge in [-0.05, 0) is 48.9 Å². The molecule has 1 amide bonds. The number of rotatable bonds is 9. The van der Waals surface area contributed by atoms with Crippen LogP contribution in [0.15, 0.2) is 53.4 Å². The van der Waals surface area contributed by atoms with Crippen LogP contribution in [0.25, 0.3) is 0 Å². The molecule has 0 radical (unpaired) electrons. The number of carboxylic acid groups (broad SMARTS) is 1. The zero-order valence-electron chi connectivity index (χ0n) is 15.5. The molecule has 0 spiro atoms. The molecule has 28 heavy (non-hydrogen) atoms. The molecule has 0 aliphatic carbocycles. The van der Waals surface area contributed by atoms with Crippen molar-refractivity contribution in [1.29, 1.82) is 0 Å². The summed E-state index contributed by atoms with van der Waals surface area (Å²) in [5.74, 6) is -0.801. The van der Waals surface area contributed by atoms with Crippen LogP contribution in [-0.4, -0.2) is 32.0 Å². The smallest absolute Gasteiger partial charge is 0.305 e. The molecule has 0 saturated heterocycles. The Bertz CT molecular complexity index is 924. The second-order valence-electron chi connectivity index (χ2n) is 5.98. The Balaban J connectivity index is 2.24. The van der Waals surface area contributed by atoms with Crippen molar-refractivity contribution >= 4 is 27.6 Å². The van der Waals surface area contributed by atoms with Crippen LogP contribution >= 0.6 is 0 Å². The van der Waals surface area contributed by atoms with Crippen LogP contribution in [0, 0.1) is 0 Å². The zero-order valence-corrected chi connectivity index (χ0v) is 16.3. The van der Waals surface area contributed by atoms with Crippen LogP contribution in [0.5, 0.6) is 5.75 Å². The summed E-state index contributed by atoms with van der Waals surface area (Å²) in [6, 6.07) is 11.2. The Morgan fingerprint density at radius 1 is 1.07 bits per heavy atom. The van der Waals surface area contributed by atoms with Crippen LogP contribution in [0.4, 0.5) is 5.69 Å². The molecular formula is C19H22N2O6S. The highest BCUT2D eigenvalue weighted by molar-refractivity contribution is 7.89. The van der Waals surface area contributed by atoms with Crippen LogP contribution < -0.4 is 14.8 Å². The lowest BCUT2D eigenvalue weighted by molar-refractivity contribution is -0.137. The van der Waals surface area contributed by atoms with Crippen molar-refractivity contribution in [2.24, 2.45) is 0 Å². The number of ether oxygens (including phenoxy) is 1. The van der Waals surface area contributed by atoms with Gasteiger partial charge in [-0.1, -0.05) is 12.1 Å². The summed E-state index contributed by atoms with van der Waals surface area (Å²) in [5, 5.41) is 11.7. The Morgan fingerprint density at radius 2 is 1.68 bits per heavy atom. The van der Waals surface area contributed by atoms with E-state index in [9.17, 15) is 23.1 Å². The van der Waals surface area contributed by atoms with E-state index in [1.165, 1.54) is 31.2 Å². The van der Waals surface area contributed by atoms with Crippen LogP contribution in [-0.2, 0) is 19.6 Å². The molecule has 0 unspecified atom stereocenters. The summed E-state index contributed by atoms with van der Waals surface area (Å²) < 4.78 is 33.1. The van der Waals surface area contributed by atoms with Crippen molar-refractivity contribution in [2.75, 3.05) is 11.9 Å². The van der Waals surface area contributed by atoms with Crippen molar-refractivity contribution in [1.82, 2.24) is 4.72 Å². The van der Waals surface area contributed by atoms with Gasteiger partial charge in [0.05, 0.1) is 24.0 Å². The molecule has 0 aliphatic rings. The van der Waals surface area contributed by atoms with E-state index in [2.05, 4.69) is 10.0 Å². The Morgan fingerprint density at radius 3 is 2.18 bits per heavy atom. The zero-order chi connectivity index (χ0) is 20.7. The van der Waals surface area contributed by atoms with Gasteiger partial charge >= 0.3 is 5.97 Å². The van der Waals surface area contributed by atoms with Gasteiger partial charge in [-0.3, -0.25) is 9.59 Å². The second kappa shape index (κ2) is 9.34. The standard InChI is InChI=1S/C19H22N2O6S/c1-3-27-16-8-4-14(5-9-16)18(12-19(23)24)21-28(25,26)17-10-6-15(7-11-17)20-13(2)22/h4-11,18,21H,3,12H2,1-2H3,(H,20,22)(H,23,24)/t18-/m1/s1. The fraction of sp³-hybridized carbons (Fsp3) is 0.263. The molecular weight excluding hydrogens is 384 g/mol. The van der Waals surface area contributed by atoms with E-state index in [1.54, 1.807) is 24.3 Å². The number of aliphatic carboxylic acids is 1. The molecule has 0 bridgehead atoms. The van der Waals surface area contributed by atoms with E-state index in [-0.39, 0.29) is 10.8 Å². The Labute approximate surface area is 163 Å².